The van der Waals surface area contributed by atoms with Crippen LogP contribution in [0.25, 0.3) is 0 Å². The molecule has 0 spiro atoms. The van der Waals surface area contributed by atoms with Crippen LogP contribution in [0.4, 0.5) is 0 Å². The van der Waals surface area contributed by atoms with Crippen molar-refractivity contribution in [2.45, 2.75) is 38.6 Å². The molecule has 0 radical (unpaired) electrons. The lowest BCUT2D eigenvalue weighted by atomic mass is 10.0. The summed E-state index contributed by atoms with van der Waals surface area (Å²) in [5, 5.41) is 0. The van der Waals surface area contributed by atoms with Crippen LogP contribution >= 0.6 is 15.9 Å². The molecular formula is C13H18BrNO2. The van der Waals surface area contributed by atoms with E-state index in [0.29, 0.717) is 6.79 Å². The molecular weight excluding hydrogens is 282 g/mol. The minimum Gasteiger partial charge on any atom is -0.454 e. The molecule has 0 aliphatic carbocycles. The monoisotopic (exact) mass is 299 g/mol. The van der Waals surface area contributed by atoms with Gasteiger partial charge in [0.1, 0.15) is 0 Å². The van der Waals surface area contributed by atoms with E-state index in [1.165, 1.54) is 19.3 Å². The minimum absolute atomic E-state index is 0.0606. The molecule has 0 amide bonds. The number of fused-ring (bicyclic) bond motifs is 1. The van der Waals surface area contributed by atoms with E-state index in [-0.39, 0.29) is 6.04 Å². The summed E-state index contributed by atoms with van der Waals surface area (Å²) in [6, 6.07) is 3.99. The van der Waals surface area contributed by atoms with Crippen molar-refractivity contribution in [3.63, 3.8) is 0 Å². The number of halogens is 1. The van der Waals surface area contributed by atoms with Gasteiger partial charge in [0, 0.05) is 10.5 Å². The van der Waals surface area contributed by atoms with Gasteiger partial charge in [-0.15, -0.1) is 0 Å². The van der Waals surface area contributed by atoms with Crippen LogP contribution in [-0.2, 0) is 0 Å². The second-order valence-electron chi connectivity index (χ2n) is 4.33. The Labute approximate surface area is 110 Å². The van der Waals surface area contributed by atoms with Crippen LogP contribution in [0.5, 0.6) is 11.5 Å². The van der Waals surface area contributed by atoms with Crippen molar-refractivity contribution < 1.29 is 9.47 Å². The van der Waals surface area contributed by atoms with E-state index in [0.717, 1.165) is 28.0 Å². The number of nitrogens with two attached hydrogens (primary N) is 1. The summed E-state index contributed by atoms with van der Waals surface area (Å²) in [6.45, 7) is 2.50. The summed E-state index contributed by atoms with van der Waals surface area (Å²) in [5.41, 5.74) is 7.31. The Morgan fingerprint density at radius 3 is 2.71 bits per heavy atom. The number of unbranched alkanes of at least 4 members (excludes halogenated alkanes) is 2. The lowest BCUT2D eigenvalue weighted by Crippen LogP contribution is -2.10. The van der Waals surface area contributed by atoms with Crippen LogP contribution in [0.15, 0.2) is 16.6 Å². The van der Waals surface area contributed by atoms with Gasteiger partial charge < -0.3 is 15.2 Å². The first-order valence-electron chi connectivity index (χ1n) is 6.07. The molecule has 1 aliphatic rings. The van der Waals surface area contributed by atoms with Gasteiger partial charge in [-0.3, -0.25) is 0 Å². The zero-order valence-corrected chi connectivity index (χ0v) is 11.6. The zero-order chi connectivity index (χ0) is 12.3. The predicted molar refractivity (Wildman–Crippen MR) is 71.3 cm³/mol. The van der Waals surface area contributed by atoms with Crippen LogP contribution in [0.3, 0.4) is 0 Å². The van der Waals surface area contributed by atoms with E-state index in [9.17, 15) is 0 Å². The van der Waals surface area contributed by atoms with Crippen molar-refractivity contribution >= 4 is 15.9 Å². The fourth-order valence-electron chi connectivity index (χ4n) is 1.99. The molecule has 2 rings (SSSR count). The van der Waals surface area contributed by atoms with Gasteiger partial charge in [-0.1, -0.05) is 42.1 Å². The maximum atomic E-state index is 6.20. The number of benzene rings is 1. The lowest BCUT2D eigenvalue weighted by molar-refractivity contribution is 0.174. The van der Waals surface area contributed by atoms with Gasteiger partial charge >= 0.3 is 0 Å². The Kier molecular flexibility index (Phi) is 4.29. The number of hydrogen-bond acceptors (Lipinski definition) is 3. The first-order valence-corrected chi connectivity index (χ1v) is 6.86. The zero-order valence-electron chi connectivity index (χ0n) is 10.0. The van der Waals surface area contributed by atoms with E-state index in [4.69, 9.17) is 15.2 Å². The summed E-state index contributed by atoms with van der Waals surface area (Å²) < 4.78 is 11.7. The van der Waals surface area contributed by atoms with E-state index in [2.05, 4.69) is 22.9 Å². The Morgan fingerprint density at radius 2 is 2.00 bits per heavy atom. The van der Waals surface area contributed by atoms with E-state index in [1.54, 1.807) is 0 Å². The topological polar surface area (TPSA) is 44.5 Å². The number of ether oxygens (including phenoxy) is 2. The Hall–Kier alpha value is -0.740. The first kappa shape index (κ1) is 12.7. The van der Waals surface area contributed by atoms with Gasteiger partial charge in [-0.25, -0.2) is 0 Å². The van der Waals surface area contributed by atoms with Crippen molar-refractivity contribution in [3.05, 3.63) is 22.2 Å². The minimum atomic E-state index is 0.0606. The molecule has 1 atom stereocenters. The second kappa shape index (κ2) is 5.74. The predicted octanol–water partition coefficient (Wildman–Crippen LogP) is 3.76. The summed E-state index contributed by atoms with van der Waals surface area (Å²) in [7, 11) is 0. The standard InChI is InChI=1S/C13H18BrNO2/c1-2-3-4-5-11(15)9-6-12-13(7-10(9)14)17-8-16-12/h6-7,11H,2-5,8,15H2,1H3/t11-/m1/s1. The normalized spacial score (nSPS) is 15.0. The molecule has 1 aromatic rings. The summed E-state index contributed by atoms with van der Waals surface area (Å²) in [5.74, 6) is 1.59. The van der Waals surface area contributed by atoms with Crippen LogP contribution < -0.4 is 15.2 Å². The highest BCUT2D eigenvalue weighted by molar-refractivity contribution is 9.10. The molecule has 0 aromatic heterocycles. The molecule has 94 valence electrons. The van der Waals surface area contributed by atoms with Gasteiger partial charge in [0.2, 0.25) is 6.79 Å². The smallest absolute Gasteiger partial charge is 0.231 e. The van der Waals surface area contributed by atoms with Crippen LogP contribution in [0.2, 0.25) is 0 Å². The lowest BCUT2D eigenvalue weighted by Gasteiger charge is -2.14. The maximum Gasteiger partial charge on any atom is 0.231 e. The first-order chi connectivity index (χ1) is 8.22. The molecule has 0 fully saturated rings. The fourth-order valence-corrected chi connectivity index (χ4v) is 2.60. The molecule has 3 nitrogen and oxygen atoms in total. The van der Waals surface area contributed by atoms with Gasteiger partial charge in [-0.2, -0.15) is 0 Å². The molecule has 0 bridgehead atoms. The molecule has 0 saturated heterocycles. The summed E-state index contributed by atoms with van der Waals surface area (Å²) in [4.78, 5) is 0. The number of hydrogen-bond donors (Lipinski definition) is 1. The molecule has 0 unspecified atom stereocenters. The molecule has 1 aliphatic heterocycles. The molecule has 17 heavy (non-hydrogen) atoms. The van der Waals surface area contributed by atoms with Crippen molar-refractivity contribution in [1.29, 1.82) is 0 Å². The highest BCUT2D eigenvalue weighted by Crippen LogP contribution is 2.39. The third kappa shape index (κ3) is 2.93. The van der Waals surface area contributed by atoms with Crippen molar-refractivity contribution in [1.82, 2.24) is 0 Å². The fraction of sp³-hybridized carbons (Fsp3) is 0.538. The van der Waals surface area contributed by atoms with E-state index in [1.807, 2.05) is 12.1 Å². The van der Waals surface area contributed by atoms with Crippen molar-refractivity contribution in [2.24, 2.45) is 5.73 Å². The summed E-state index contributed by atoms with van der Waals surface area (Å²) >= 11 is 3.54. The van der Waals surface area contributed by atoms with Crippen LogP contribution in [-0.4, -0.2) is 6.79 Å². The molecule has 1 aromatic carbocycles. The van der Waals surface area contributed by atoms with Crippen molar-refractivity contribution in [2.75, 3.05) is 6.79 Å². The SMILES string of the molecule is CCCCC[C@@H](N)c1cc2c(cc1Br)OCO2. The van der Waals surface area contributed by atoms with Gasteiger partial charge in [0.15, 0.2) is 11.5 Å². The van der Waals surface area contributed by atoms with Gasteiger partial charge in [0.05, 0.1) is 0 Å². The quantitative estimate of drug-likeness (QED) is 0.842. The highest BCUT2D eigenvalue weighted by atomic mass is 79.9. The average Bonchev–Trinajstić information content (AvgIpc) is 2.75. The third-order valence-electron chi connectivity index (χ3n) is 3.01. The second-order valence-corrected chi connectivity index (χ2v) is 5.18. The Balaban J connectivity index is 2.09. The molecule has 2 N–H and O–H groups in total. The van der Waals surface area contributed by atoms with E-state index < -0.39 is 0 Å². The van der Waals surface area contributed by atoms with Crippen LogP contribution in [0.1, 0.15) is 44.2 Å². The van der Waals surface area contributed by atoms with E-state index >= 15 is 0 Å². The van der Waals surface area contributed by atoms with Gasteiger partial charge in [0.25, 0.3) is 0 Å². The molecule has 0 saturated carbocycles. The Morgan fingerprint density at radius 1 is 1.29 bits per heavy atom. The average molecular weight is 300 g/mol. The van der Waals surface area contributed by atoms with Gasteiger partial charge in [-0.05, 0) is 24.1 Å². The summed E-state index contributed by atoms with van der Waals surface area (Å²) in [6.07, 6.45) is 4.62. The third-order valence-corrected chi connectivity index (χ3v) is 3.70. The Bertz CT molecular complexity index is 395. The highest BCUT2D eigenvalue weighted by Gasteiger charge is 2.19. The number of rotatable bonds is 5. The van der Waals surface area contributed by atoms with Crippen LogP contribution in [0, 0.1) is 0 Å². The van der Waals surface area contributed by atoms with Crippen molar-refractivity contribution in [3.8, 4) is 11.5 Å². The largest absolute Gasteiger partial charge is 0.454 e. The maximum absolute atomic E-state index is 6.20. The molecule has 4 heteroatoms. The molecule has 1 heterocycles.